The highest BCUT2D eigenvalue weighted by Crippen LogP contribution is 2.33. The molecule has 2 rings (SSSR count). The number of esters is 2. The maximum Gasteiger partial charge on any atom is 0.342 e. The predicted octanol–water partition coefficient (Wildman–Crippen LogP) is 2.41. The molecule has 0 radical (unpaired) electrons. The summed E-state index contributed by atoms with van der Waals surface area (Å²) in [7, 11) is 0. The van der Waals surface area contributed by atoms with Gasteiger partial charge < -0.3 is 19.7 Å². The molecule has 0 saturated heterocycles. The highest BCUT2D eigenvalue weighted by Gasteiger charge is 2.60. The normalized spacial score (nSPS) is 15.1. The van der Waals surface area contributed by atoms with Crippen molar-refractivity contribution in [2.75, 3.05) is 6.61 Å². The molecule has 0 aliphatic heterocycles. The van der Waals surface area contributed by atoms with Gasteiger partial charge in [0.1, 0.15) is 6.61 Å². The maximum atomic E-state index is 12.9. The maximum absolute atomic E-state index is 12.9. The summed E-state index contributed by atoms with van der Waals surface area (Å²) in [5, 5.41) is 22.3. The Morgan fingerprint density at radius 2 is 1.29 bits per heavy atom. The molecule has 0 heterocycles. The van der Waals surface area contributed by atoms with Crippen LogP contribution in [0.15, 0.2) is 60.7 Å². The van der Waals surface area contributed by atoms with Crippen LogP contribution in [-0.4, -0.2) is 40.0 Å². The fourth-order valence-corrected chi connectivity index (χ4v) is 2.98. The summed E-state index contributed by atoms with van der Waals surface area (Å²) in [6.07, 6.45) is -0.528. The first-order valence-electron chi connectivity index (χ1n) is 9.24. The lowest BCUT2D eigenvalue weighted by Crippen LogP contribution is -2.65. The summed E-state index contributed by atoms with van der Waals surface area (Å²) in [5.41, 5.74) is -3.68. The summed E-state index contributed by atoms with van der Waals surface area (Å²) in [5.74, 6) is -2.15. The topological polar surface area (TPSA) is 93.1 Å². The van der Waals surface area contributed by atoms with Gasteiger partial charge in [-0.05, 0) is 24.5 Å². The molecule has 0 bridgehead atoms. The van der Waals surface area contributed by atoms with Gasteiger partial charge in [-0.1, -0.05) is 67.6 Å². The van der Waals surface area contributed by atoms with Crippen LogP contribution in [0.5, 0.6) is 0 Å². The molecule has 150 valence electrons. The first-order chi connectivity index (χ1) is 13.4. The number of carbonyl (C=O) groups excluding carboxylic acids is 2. The molecule has 0 fully saturated rings. The van der Waals surface area contributed by atoms with Gasteiger partial charge in [-0.2, -0.15) is 0 Å². The Kier molecular flexibility index (Phi) is 7.31. The number of ether oxygens (including phenoxy) is 2. The van der Waals surface area contributed by atoms with Crippen molar-refractivity contribution in [3.8, 4) is 0 Å². The van der Waals surface area contributed by atoms with Crippen molar-refractivity contribution in [2.24, 2.45) is 0 Å². The van der Waals surface area contributed by atoms with E-state index >= 15 is 0 Å². The largest absolute Gasteiger partial charge is 0.464 e. The summed E-state index contributed by atoms with van der Waals surface area (Å²) < 4.78 is 10.2. The van der Waals surface area contributed by atoms with E-state index < -0.39 is 23.1 Å². The number of aliphatic hydroxyl groups is 2. The van der Waals surface area contributed by atoms with E-state index in [0.717, 1.165) is 0 Å². The van der Waals surface area contributed by atoms with Crippen LogP contribution in [0.1, 0.15) is 31.4 Å². The average Bonchev–Trinajstić information content (AvgIpc) is 2.72. The van der Waals surface area contributed by atoms with E-state index in [1.54, 1.807) is 61.5 Å². The van der Waals surface area contributed by atoms with Gasteiger partial charge in [-0.3, -0.25) is 0 Å². The zero-order valence-electron chi connectivity index (χ0n) is 16.1. The van der Waals surface area contributed by atoms with E-state index in [4.69, 9.17) is 9.47 Å². The van der Waals surface area contributed by atoms with Gasteiger partial charge in [0.15, 0.2) is 0 Å². The standard InChI is InChI=1S/C22H26O6/c1-3-21(25,19(23)27-4-2)22(26,15-17-11-7-5-8-12-17)20(24)28-16-18-13-9-6-10-14-18/h5-14,25-26H,3-4,15-16H2,1-2H3. The van der Waals surface area contributed by atoms with Crippen molar-refractivity contribution >= 4 is 11.9 Å². The molecule has 2 aromatic rings. The zero-order chi connectivity index (χ0) is 20.6. The molecule has 2 atom stereocenters. The predicted molar refractivity (Wildman–Crippen MR) is 103 cm³/mol. The molecule has 0 aliphatic rings. The Morgan fingerprint density at radius 3 is 1.79 bits per heavy atom. The molecule has 0 spiro atoms. The van der Waals surface area contributed by atoms with Crippen molar-refractivity contribution < 1.29 is 29.3 Å². The van der Waals surface area contributed by atoms with Crippen molar-refractivity contribution in [1.29, 1.82) is 0 Å². The minimum Gasteiger partial charge on any atom is -0.464 e. The molecule has 6 heteroatoms. The highest BCUT2D eigenvalue weighted by molar-refractivity contribution is 5.92. The second-order valence-electron chi connectivity index (χ2n) is 6.52. The van der Waals surface area contributed by atoms with Crippen molar-refractivity contribution in [1.82, 2.24) is 0 Å². The zero-order valence-corrected chi connectivity index (χ0v) is 16.1. The van der Waals surface area contributed by atoms with Gasteiger partial charge in [-0.25, -0.2) is 9.59 Å². The van der Waals surface area contributed by atoms with Gasteiger partial charge in [0.25, 0.3) is 0 Å². The third kappa shape index (κ3) is 4.58. The Bertz CT molecular complexity index is 776. The second-order valence-corrected chi connectivity index (χ2v) is 6.52. The first-order valence-corrected chi connectivity index (χ1v) is 9.24. The third-order valence-electron chi connectivity index (χ3n) is 4.66. The third-order valence-corrected chi connectivity index (χ3v) is 4.66. The lowest BCUT2D eigenvalue weighted by Gasteiger charge is -2.39. The number of hydrogen-bond donors (Lipinski definition) is 2. The van der Waals surface area contributed by atoms with E-state index in [-0.39, 0.29) is 26.1 Å². The number of rotatable bonds is 9. The summed E-state index contributed by atoms with van der Waals surface area (Å²) in [4.78, 5) is 25.4. The lowest BCUT2D eigenvalue weighted by atomic mass is 9.76. The number of hydrogen-bond acceptors (Lipinski definition) is 6. The van der Waals surface area contributed by atoms with Crippen LogP contribution >= 0.6 is 0 Å². The number of carbonyl (C=O) groups is 2. The van der Waals surface area contributed by atoms with Gasteiger partial charge in [-0.15, -0.1) is 0 Å². The van der Waals surface area contributed by atoms with E-state index in [1.807, 2.05) is 6.07 Å². The van der Waals surface area contributed by atoms with E-state index in [1.165, 1.54) is 6.92 Å². The smallest absolute Gasteiger partial charge is 0.342 e. The fraction of sp³-hybridized carbons (Fsp3) is 0.364. The van der Waals surface area contributed by atoms with Crippen LogP contribution in [0, 0.1) is 0 Å². The van der Waals surface area contributed by atoms with Crippen LogP contribution in [0.4, 0.5) is 0 Å². The second kappa shape index (κ2) is 9.48. The van der Waals surface area contributed by atoms with Crippen LogP contribution in [-0.2, 0) is 32.1 Å². The molecule has 0 aliphatic carbocycles. The molecule has 28 heavy (non-hydrogen) atoms. The number of benzene rings is 2. The summed E-state index contributed by atoms with van der Waals surface area (Å²) in [6.45, 7) is 2.98. The Morgan fingerprint density at radius 1 is 0.786 bits per heavy atom. The van der Waals surface area contributed by atoms with Crippen LogP contribution in [0.2, 0.25) is 0 Å². The van der Waals surface area contributed by atoms with E-state index in [2.05, 4.69) is 0 Å². The quantitative estimate of drug-likeness (QED) is 0.643. The Hall–Kier alpha value is -2.70. The molecule has 6 nitrogen and oxygen atoms in total. The van der Waals surface area contributed by atoms with E-state index in [9.17, 15) is 19.8 Å². The Labute approximate surface area is 164 Å². The van der Waals surface area contributed by atoms with Gasteiger partial charge in [0.2, 0.25) is 11.2 Å². The molecular formula is C22H26O6. The molecule has 0 aromatic heterocycles. The fourth-order valence-electron chi connectivity index (χ4n) is 2.98. The Balaban J connectivity index is 2.36. The van der Waals surface area contributed by atoms with Crippen LogP contribution in [0.25, 0.3) is 0 Å². The molecule has 2 aromatic carbocycles. The minimum atomic E-state index is -2.51. The summed E-state index contributed by atoms with van der Waals surface area (Å²) in [6, 6.07) is 17.6. The molecular weight excluding hydrogens is 360 g/mol. The van der Waals surface area contributed by atoms with Gasteiger partial charge in [0, 0.05) is 6.42 Å². The highest BCUT2D eigenvalue weighted by atomic mass is 16.6. The van der Waals surface area contributed by atoms with Crippen molar-refractivity contribution in [3.63, 3.8) is 0 Å². The van der Waals surface area contributed by atoms with Crippen LogP contribution in [0.3, 0.4) is 0 Å². The SMILES string of the molecule is CCOC(=O)C(O)(CC)C(O)(Cc1ccccc1)C(=O)OCc1ccccc1. The molecule has 2 unspecified atom stereocenters. The van der Waals surface area contributed by atoms with Gasteiger partial charge in [0.05, 0.1) is 6.61 Å². The minimum absolute atomic E-state index is 0.00161. The molecule has 2 N–H and O–H groups in total. The van der Waals surface area contributed by atoms with Crippen LogP contribution < -0.4 is 0 Å². The van der Waals surface area contributed by atoms with Crippen molar-refractivity contribution in [2.45, 2.75) is 44.5 Å². The average molecular weight is 386 g/mol. The molecule has 0 amide bonds. The summed E-state index contributed by atoms with van der Waals surface area (Å²) >= 11 is 0. The first kappa shape index (κ1) is 21.6. The lowest BCUT2D eigenvalue weighted by molar-refractivity contribution is -0.214. The van der Waals surface area contributed by atoms with E-state index in [0.29, 0.717) is 11.1 Å². The van der Waals surface area contributed by atoms with Crippen molar-refractivity contribution in [3.05, 3.63) is 71.8 Å². The monoisotopic (exact) mass is 386 g/mol. The molecule has 0 saturated carbocycles. The van der Waals surface area contributed by atoms with Gasteiger partial charge >= 0.3 is 11.9 Å².